The Morgan fingerprint density at radius 2 is 2.18 bits per heavy atom. The largest absolute Gasteiger partial charge is 0.372 e. The number of nitrogens with zero attached hydrogens (tertiary/aromatic N) is 1. The van der Waals surface area contributed by atoms with Crippen LogP contribution < -0.4 is 5.32 Å². The van der Waals surface area contributed by atoms with Crippen LogP contribution in [0.2, 0.25) is 0 Å². The zero-order valence-electron chi connectivity index (χ0n) is 12.2. The van der Waals surface area contributed by atoms with E-state index in [0.717, 1.165) is 36.2 Å². The van der Waals surface area contributed by atoms with Crippen molar-refractivity contribution < 1.29 is 9.13 Å². The Labute approximate surface area is 129 Å². The van der Waals surface area contributed by atoms with Crippen LogP contribution in [-0.2, 0) is 11.3 Å². The van der Waals surface area contributed by atoms with E-state index in [9.17, 15) is 4.39 Å². The molecule has 0 bridgehead atoms. The molecular weight excluding hydrogens is 279 g/mol. The Bertz CT molecular complexity index is 702. The Hall–Kier alpha value is -2.22. The monoisotopic (exact) mass is 296 g/mol. The SMILES string of the molecule is N#Cc1cccc(-c2ccc(F)cc2COC2CCNC2)c1. The molecule has 1 aliphatic heterocycles. The van der Waals surface area contributed by atoms with Crippen molar-refractivity contribution in [2.24, 2.45) is 0 Å². The lowest BCUT2D eigenvalue weighted by atomic mass is 9.98. The van der Waals surface area contributed by atoms with E-state index in [1.165, 1.54) is 12.1 Å². The topological polar surface area (TPSA) is 45.0 Å². The average molecular weight is 296 g/mol. The van der Waals surface area contributed by atoms with Gasteiger partial charge >= 0.3 is 0 Å². The van der Waals surface area contributed by atoms with E-state index in [1.807, 2.05) is 18.2 Å². The number of rotatable bonds is 4. The fourth-order valence-electron chi connectivity index (χ4n) is 2.70. The molecule has 1 heterocycles. The summed E-state index contributed by atoms with van der Waals surface area (Å²) >= 11 is 0. The van der Waals surface area contributed by atoms with Crippen LogP contribution in [0, 0.1) is 17.1 Å². The van der Waals surface area contributed by atoms with Crippen LogP contribution in [0.15, 0.2) is 42.5 Å². The van der Waals surface area contributed by atoms with Crippen molar-refractivity contribution >= 4 is 0 Å². The number of nitrogens with one attached hydrogen (secondary N) is 1. The quantitative estimate of drug-likeness (QED) is 0.942. The van der Waals surface area contributed by atoms with Crippen LogP contribution in [0.4, 0.5) is 4.39 Å². The molecule has 1 saturated heterocycles. The predicted octanol–water partition coefficient (Wildman–Crippen LogP) is 3.24. The number of ether oxygens (including phenoxy) is 1. The highest BCUT2D eigenvalue weighted by Crippen LogP contribution is 2.26. The van der Waals surface area contributed by atoms with Gasteiger partial charge in [-0.05, 0) is 53.9 Å². The highest BCUT2D eigenvalue weighted by molar-refractivity contribution is 5.68. The Morgan fingerprint density at radius 3 is 2.95 bits per heavy atom. The first kappa shape index (κ1) is 14.7. The molecule has 2 aromatic carbocycles. The van der Waals surface area contributed by atoms with E-state index in [1.54, 1.807) is 12.1 Å². The summed E-state index contributed by atoms with van der Waals surface area (Å²) in [6.07, 6.45) is 1.16. The minimum Gasteiger partial charge on any atom is -0.372 e. The molecule has 2 aromatic rings. The molecule has 0 radical (unpaired) electrons. The van der Waals surface area contributed by atoms with Crippen molar-refractivity contribution in [3.8, 4) is 17.2 Å². The maximum Gasteiger partial charge on any atom is 0.123 e. The first-order chi connectivity index (χ1) is 10.8. The molecule has 1 N–H and O–H groups in total. The van der Waals surface area contributed by atoms with Gasteiger partial charge in [0, 0.05) is 6.54 Å². The molecule has 0 saturated carbocycles. The molecule has 3 rings (SSSR count). The summed E-state index contributed by atoms with van der Waals surface area (Å²) in [5, 5.41) is 12.3. The number of halogens is 1. The van der Waals surface area contributed by atoms with Gasteiger partial charge in [0.15, 0.2) is 0 Å². The van der Waals surface area contributed by atoms with Crippen LogP contribution >= 0.6 is 0 Å². The van der Waals surface area contributed by atoms with E-state index < -0.39 is 0 Å². The predicted molar refractivity (Wildman–Crippen MR) is 82.6 cm³/mol. The molecule has 3 nitrogen and oxygen atoms in total. The second-order valence-electron chi connectivity index (χ2n) is 5.42. The molecule has 0 amide bonds. The number of hydrogen-bond donors (Lipinski definition) is 1. The maximum absolute atomic E-state index is 13.6. The Kier molecular flexibility index (Phi) is 4.47. The fourth-order valence-corrected chi connectivity index (χ4v) is 2.70. The van der Waals surface area contributed by atoms with Crippen molar-refractivity contribution in [3.05, 3.63) is 59.4 Å². The number of hydrogen-bond acceptors (Lipinski definition) is 3. The summed E-state index contributed by atoms with van der Waals surface area (Å²) in [6.45, 7) is 2.18. The molecule has 4 heteroatoms. The van der Waals surface area contributed by atoms with Gasteiger partial charge in [-0.2, -0.15) is 5.26 Å². The normalized spacial score (nSPS) is 17.4. The molecule has 22 heavy (non-hydrogen) atoms. The van der Waals surface area contributed by atoms with E-state index >= 15 is 0 Å². The van der Waals surface area contributed by atoms with Gasteiger partial charge in [0.1, 0.15) is 5.82 Å². The van der Waals surface area contributed by atoms with Gasteiger partial charge in [0.25, 0.3) is 0 Å². The summed E-state index contributed by atoms with van der Waals surface area (Å²) in [5.41, 5.74) is 3.21. The summed E-state index contributed by atoms with van der Waals surface area (Å²) in [5.74, 6) is -0.275. The maximum atomic E-state index is 13.6. The van der Waals surface area contributed by atoms with Gasteiger partial charge in [0.05, 0.1) is 24.3 Å². The van der Waals surface area contributed by atoms with Gasteiger partial charge in [-0.15, -0.1) is 0 Å². The van der Waals surface area contributed by atoms with Crippen molar-refractivity contribution in [1.82, 2.24) is 5.32 Å². The Balaban J connectivity index is 1.87. The fraction of sp³-hybridized carbons (Fsp3) is 0.278. The van der Waals surface area contributed by atoms with Gasteiger partial charge in [-0.1, -0.05) is 18.2 Å². The molecule has 1 atom stereocenters. The average Bonchev–Trinajstić information content (AvgIpc) is 3.06. The minimum absolute atomic E-state index is 0.182. The van der Waals surface area contributed by atoms with E-state index in [4.69, 9.17) is 10.00 Å². The molecule has 0 spiro atoms. The molecule has 1 fully saturated rings. The van der Waals surface area contributed by atoms with Crippen molar-refractivity contribution in [2.75, 3.05) is 13.1 Å². The number of benzene rings is 2. The molecule has 0 aliphatic carbocycles. The molecule has 1 unspecified atom stereocenters. The third-order valence-corrected chi connectivity index (χ3v) is 3.86. The van der Waals surface area contributed by atoms with E-state index in [0.29, 0.717) is 12.2 Å². The molecular formula is C18H17FN2O. The van der Waals surface area contributed by atoms with Crippen LogP contribution in [0.3, 0.4) is 0 Å². The minimum atomic E-state index is -0.275. The van der Waals surface area contributed by atoms with Gasteiger partial charge < -0.3 is 10.1 Å². The molecule has 1 aliphatic rings. The lowest BCUT2D eigenvalue weighted by Gasteiger charge is -2.14. The van der Waals surface area contributed by atoms with Crippen molar-refractivity contribution in [1.29, 1.82) is 5.26 Å². The second kappa shape index (κ2) is 6.69. The van der Waals surface area contributed by atoms with Crippen molar-refractivity contribution in [3.63, 3.8) is 0 Å². The number of nitriles is 1. The van der Waals surface area contributed by atoms with E-state index in [-0.39, 0.29) is 11.9 Å². The van der Waals surface area contributed by atoms with Gasteiger partial charge in [-0.25, -0.2) is 4.39 Å². The molecule has 0 aromatic heterocycles. The standard InChI is InChI=1S/C18H17FN2O/c19-16-4-5-18(14-3-1-2-13(8-14)10-20)15(9-16)12-22-17-6-7-21-11-17/h1-5,8-9,17,21H,6-7,11-12H2. The third kappa shape index (κ3) is 3.33. The zero-order chi connectivity index (χ0) is 15.4. The van der Waals surface area contributed by atoms with Crippen LogP contribution in [0.1, 0.15) is 17.5 Å². The third-order valence-electron chi connectivity index (χ3n) is 3.86. The summed E-state index contributed by atoms with van der Waals surface area (Å²) in [7, 11) is 0. The zero-order valence-corrected chi connectivity index (χ0v) is 12.2. The smallest absolute Gasteiger partial charge is 0.123 e. The summed E-state index contributed by atoms with van der Waals surface area (Å²) in [6, 6.07) is 14.2. The van der Waals surface area contributed by atoms with Gasteiger partial charge in [0.2, 0.25) is 0 Å². The highest BCUT2D eigenvalue weighted by Gasteiger charge is 2.16. The lowest BCUT2D eigenvalue weighted by Crippen LogP contribution is -2.16. The van der Waals surface area contributed by atoms with Crippen molar-refractivity contribution in [2.45, 2.75) is 19.1 Å². The van der Waals surface area contributed by atoms with E-state index in [2.05, 4.69) is 11.4 Å². The second-order valence-corrected chi connectivity index (χ2v) is 5.42. The lowest BCUT2D eigenvalue weighted by molar-refractivity contribution is 0.0543. The first-order valence-corrected chi connectivity index (χ1v) is 7.37. The first-order valence-electron chi connectivity index (χ1n) is 7.37. The summed E-state index contributed by atoms with van der Waals surface area (Å²) < 4.78 is 19.5. The van der Waals surface area contributed by atoms with Crippen LogP contribution in [-0.4, -0.2) is 19.2 Å². The summed E-state index contributed by atoms with van der Waals surface area (Å²) in [4.78, 5) is 0. The Morgan fingerprint density at radius 1 is 1.27 bits per heavy atom. The highest BCUT2D eigenvalue weighted by atomic mass is 19.1. The van der Waals surface area contributed by atoms with Crippen LogP contribution in [0.5, 0.6) is 0 Å². The van der Waals surface area contributed by atoms with Gasteiger partial charge in [-0.3, -0.25) is 0 Å². The van der Waals surface area contributed by atoms with Crippen LogP contribution in [0.25, 0.3) is 11.1 Å². The molecule has 112 valence electrons.